The first-order valence-electron chi connectivity index (χ1n) is 6.82. The molecule has 0 fully saturated rings. The topological polar surface area (TPSA) is 30.5 Å². The molecule has 2 aromatic rings. The van der Waals surface area contributed by atoms with Crippen molar-refractivity contribution in [2.75, 3.05) is 26.1 Å². The van der Waals surface area contributed by atoms with E-state index in [1.165, 1.54) is 5.56 Å². The minimum Gasteiger partial charge on any atom is -0.497 e. The molecule has 0 saturated carbocycles. The lowest BCUT2D eigenvalue weighted by molar-refractivity contribution is 0.414. The maximum Gasteiger partial charge on any atom is 0.119 e. The molecule has 20 heavy (non-hydrogen) atoms. The summed E-state index contributed by atoms with van der Waals surface area (Å²) >= 11 is 0. The molecule has 3 nitrogen and oxygen atoms in total. The molecule has 0 unspecified atom stereocenters. The van der Waals surface area contributed by atoms with Crippen LogP contribution in [0.3, 0.4) is 0 Å². The molecule has 1 N–H and O–H groups in total. The molecule has 0 aliphatic heterocycles. The molecule has 2 rings (SSSR count). The maximum absolute atomic E-state index is 5.15. The molecule has 0 aliphatic rings. The zero-order valence-corrected chi connectivity index (χ0v) is 12.1. The molecule has 0 amide bonds. The lowest BCUT2D eigenvalue weighted by atomic mass is 10.1. The Morgan fingerprint density at radius 2 is 1.35 bits per heavy atom. The van der Waals surface area contributed by atoms with Crippen molar-refractivity contribution in [1.29, 1.82) is 0 Å². The molecule has 0 heterocycles. The zero-order chi connectivity index (χ0) is 14.2. The summed E-state index contributed by atoms with van der Waals surface area (Å²) in [6.07, 6.45) is 2.16. The highest BCUT2D eigenvalue weighted by Crippen LogP contribution is 2.15. The van der Waals surface area contributed by atoms with Crippen LogP contribution in [0.25, 0.3) is 0 Å². The Labute approximate surface area is 120 Å². The van der Waals surface area contributed by atoms with Gasteiger partial charge in [-0.25, -0.2) is 0 Å². The van der Waals surface area contributed by atoms with Crippen molar-refractivity contribution in [3.8, 4) is 11.5 Å². The van der Waals surface area contributed by atoms with E-state index in [9.17, 15) is 0 Å². The number of nitrogens with one attached hydrogen (secondary N) is 1. The maximum atomic E-state index is 5.15. The van der Waals surface area contributed by atoms with Gasteiger partial charge in [-0.05, 0) is 54.8 Å². The number of rotatable bonds is 7. The summed E-state index contributed by atoms with van der Waals surface area (Å²) < 4.78 is 10.3. The normalized spacial score (nSPS) is 10.1. The van der Waals surface area contributed by atoms with E-state index in [1.807, 2.05) is 36.4 Å². The first kappa shape index (κ1) is 14.3. The number of benzene rings is 2. The number of aryl methyl sites for hydroxylation is 1. The Morgan fingerprint density at radius 3 is 1.90 bits per heavy atom. The number of hydrogen-bond acceptors (Lipinski definition) is 3. The van der Waals surface area contributed by atoms with Crippen LogP contribution in [0.5, 0.6) is 11.5 Å². The van der Waals surface area contributed by atoms with Gasteiger partial charge in [-0.2, -0.15) is 0 Å². The smallest absolute Gasteiger partial charge is 0.119 e. The van der Waals surface area contributed by atoms with Crippen molar-refractivity contribution >= 4 is 5.69 Å². The molecule has 0 aliphatic carbocycles. The molecule has 0 aromatic heterocycles. The van der Waals surface area contributed by atoms with Crippen LogP contribution in [0.15, 0.2) is 48.5 Å². The molecule has 0 radical (unpaired) electrons. The second kappa shape index (κ2) is 7.43. The SMILES string of the molecule is COc1ccc(CCCNc2ccc(OC)cc2)cc1. The van der Waals surface area contributed by atoms with Crippen LogP contribution in [0, 0.1) is 0 Å². The van der Waals surface area contributed by atoms with Gasteiger partial charge < -0.3 is 14.8 Å². The van der Waals surface area contributed by atoms with Crippen LogP contribution < -0.4 is 14.8 Å². The molecule has 0 saturated heterocycles. The van der Waals surface area contributed by atoms with Gasteiger partial charge in [0.15, 0.2) is 0 Å². The fraction of sp³-hybridized carbons (Fsp3) is 0.294. The zero-order valence-electron chi connectivity index (χ0n) is 12.1. The van der Waals surface area contributed by atoms with Gasteiger partial charge in [0.2, 0.25) is 0 Å². The summed E-state index contributed by atoms with van der Waals surface area (Å²) in [5.74, 6) is 1.79. The predicted octanol–water partition coefficient (Wildman–Crippen LogP) is 3.75. The number of anilines is 1. The van der Waals surface area contributed by atoms with E-state index in [0.29, 0.717) is 0 Å². The summed E-state index contributed by atoms with van der Waals surface area (Å²) in [6, 6.07) is 16.2. The fourth-order valence-electron chi connectivity index (χ4n) is 2.03. The molecule has 106 valence electrons. The van der Waals surface area contributed by atoms with Crippen molar-refractivity contribution in [2.24, 2.45) is 0 Å². The Hall–Kier alpha value is -2.16. The average Bonchev–Trinajstić information content (AvgIpc) is 2.53. The minimum absolute atomic E-state index is 0.883. The largest absolute Gasteiger partial charge is 0.497 e. The van der Waals surface area contributed by atoms with Crippen LogP contribution in [0.2, 0.25) is 0 Å². The van der Waals surface area contributed by atoms with Crippen LogP contribution in [0.4, 0.5) is 5.69 Å². The number of ether oxygens (including phenoxy) is 2. The van der Waals surface area contributed by atoms with Crippen LogP contribution in [-0.2, 0) is 6.42 Å². The Balaban J connectivity index is 1.72. The third-order valence-electron chi connectivity index (χ3n) is 3.22. The third kappa shape index (κ3) is 4.19. The van der Waals surface area contributed by atoms with Gasteiger partial charge in [-0.15, -0.1) is 0 Å². The summed E-state index contributed by atoms with van der Waals surface area (Å²) in [7, 11) is 3.37. The molecule has 3 heteroatoms. The summed E-state index contributed by atoms with van der Waals surface area (Å²) in [5, 5.41) is 3.41. The highest BCUT2D eigenvalue weighted by molar-refractivity contribution is 5.46. The van der Waals surface area contributed by atoms with Crippen LogP contribution in [0.1, 0.15) is 12.0 Å². The highest BCUT2D eigenvalue weighted by Gasteiger charge is 1.96. The van der Waals surface area contributed by atoms with Crippen molar-refractivity contribution in [3.05, 3.63) is 54.1 Å². The lowest BCUT2D eigenvalue weighted by Crippen LogP contribution is -2.02. The van der Waals surface area contributed by atoms with Crippen molar-refractivity contribution in [1.82, 2.24) is 0 Å². The van der Waals surface area contributed by atoms with Crippen LogP contribution >= 0.6 is 0 Å². The highest BCUT2D eigenvalue weighted by atomic mass is 16.5. The van der Waals surface area contributed by atoms with Crippen molar-refractivity contribution in [3.63, 3.8) is 0 Å². The fourth-order valence-corrected chi connectivity index (χ4v) is 2.03. The van der Waals surface area contributed by atoms with E-state index in [-0.39, 0.29) is 0 Å². The third-order valence-corrected chi connectivity index (χ3v) is 3.22. The van der Waals surface area contributed by atoms with Crippen LogP contribution in [-0.4, -0.2) is 20.8 Å². The molecule has 0 atom stereocenters. The van der Waals surface area contributed by atoms with E-state index in [4.69, 9.17) is 9.47 Å². The second-order valence-corrected chi connectivity index (χ2v) is 4.61. The molecule has 2 aromatic carbocycles. The Kier molecular flexibility index (Phi) is 5.30. The number of hydrogen-bond donors (Lipinski definition) is 1. The quantitative estimate of drug-likeness (QED) is 0.778. The second-order valence-electron chi connectivity index (χ2n) is 4.61. The van der Waals surface area contributed by atoms with Gasteiger partial charge in [0.05, 0.1) is 14.2 Å². The molecule has 0 bridgehead atoms. The molecular weight excluding hydrogens is 250 g/mol. The number of methoxy groups -OCH3 is 2. The molecular formula is C17H21NO2. The van der Waals surface area contributed by atoms with Crippen molar-refractivity contribution in [2.45, 2.75) is 12.8 Å². The predicted molar refractivity (Wildman–Crippen MR) is 82.8 cm³/mol. The Morgan fingerprint density at radius 1 is 0.800 bits per heavy atom. The Bertz CT molecular complexity index is 456. The molecule has 0 spiro atoms. The van der Waals surface area contributed by atoms with E-state index in [2.05, 4.69) is 17.4 Å². The van der Waals surface area contributed by atoms with Gasteiger partial charge in [0.1, 0.15) is 11.5 Å². The van der Waals surface area contributed by atoms with Gasteiger partial charge in [0, 0.05) is 12.2 Å². The minimum atomic E-state index is 0.883. The van der Waals surface area contributed by atoms with E-state index < -0.39 is 0 Å². The van der Waals surface area contributed by atoms with E-state index in [0.717, 1.165) is 36.6 Å². The van der Waals surface area contributed by atoms with Gasteiger partial charge in [-0.1, -0.05) is 12.1 Å². The monoisotopic (exact) mass is 271 g/mol. The van der Waals surface area contributed by atoms with Crippen molar-refractivity contribution < 1.29 is 9.47 Å². The van der Waals surface area contributed by atoms with Gasteiger partial charge >= 0.3 is 0 Å². The summed E-state index contributed by atoms with van der Waals surface area (Å²) in [4.78, 5) is 0. The average molecular weight is 271 g/mol. The first-order chi connectivity index (χ1) is 9.81. The van der Waals surface area contributed by atoms with E-state index in [1.54, 1.807) is 14.2 Å². The summed E-state index contributed by atoms with van der Waals surface area (Å²) in [6.45, 7) is 0.957. The van der Waals surface area contributed by atoms with E-state index >= 15 is 0 Å². The van der Waals surface area contributed by atoms with Gasteiger partial charge in [0.25, 0.3) is 0 Å². The first-order valence-corrected chi connectivity index (χ1v) is 6.82. The standard InChI is InChI=1S/C17H21NO2/c1-19-16-9-5-14(6-10-16)4-3-13-18-15-7-11-17(20-2)12-8-15/h5-12,18H,3-4,13H2,1-2H3. The van der Waals surface area contributed by atoms with Gasteiger partial charge in [-0.3, -0.25) is 0 Å². The lowest BCUT2D eigenvalue weighted by Gasteiger charge is -2.07. The summed E-state index contributed by atoms with van der Waals surface area (Å²) in [5.41, 5.74) is 2.46.